The highest BCUT2D eigenvalue weighted by Crippen LogP contribution is 2.37. The largest absolute Gasteiger partial charge is 0.346 e. The van der Waals surface area contributed by atoms with Crippen LogP contribution in [0, 0.1) is 5.92 Å². The molecule has 0 unspecified atom stereocenters. The Bertz CT molecular complexity index is 574. The number of rotatable bonds is 8. The molecule has 1 aliphatic rings. The fraction of sp³-hybridized carbons (Fsp3) is 0.733. The zero-order valence-corrected chi connectivity index (χ0v) is 14.3. The summed E-state index contributed by atoms with van der Waals surface area (Å²) in [5, 5.41) is 3.28. The van der Waals surface area contributed by atoms with Crippen molar-refractivity contribution in [3.63, 3.8) is 0 Å². The Balaban J connectivity index is 2.26. The lowest BCUT2D eigenvalue weighted by atomic mass is 10.2. The van der Waals surface area contributed by atoms with E-state index in [4.69, 9.17) is 0 Å². The zero-order valence-electron chi connectivity index (χ0n) is 13.5. The molecule has 0 bridgehead atoms. The van der Waals surface area contributed by atoms with Crippen LogP contribution in [0.2, 0.25) is 0 Å². The molecule has 1 heterocycles. The van der Waals surface area contributed by atoms with Crippen LogP contribution in [0.15, 0.2) is 17.2 Å². The van der Waals surface area contributed by atoms with Crippen LogP contribution in [0.4, 0.5) is 0 Å². The van der Waals surface area contributed by atoms with Gasteiger partial charge < -0.3 is 9.88 Å². The van der Waals surface area contributed by atoms with Crippen molar-refractivity contribution in [2.24, 2.45) is 5.92 Å². The zero-order chi connectivity index (χ0) is 15.6. The third-order valence-electron chi connectivity index (χ3n) is 3.73. The van der Waals surface area contributed by atoms with Crippen LogP contribution in [0.5, 0.6) is 0 Å². The average molecular weight is 313 g/mol. The van der Waals surface area contributed by atoms with E-state index in [1.54, 1.807) is 7.05 Å². The molecular formula is C15H27N3O2S. The predicted molar refractivity (Wildman–Crippen MR) is 84.7 cm³/mol. The minimum absolute atomic E-state index is 0.316. The molecule has 0 amide bonds. The molecule has 1 aromatic rings. The Morgan fingerprint density at radius 3 is 2.62 bits per heavy atom. The van der Waals surface area contributed by atoms with Crippen LogP contribution >= 0.6 is 0 Å². The van der Waals surface area contributed by atoms with Crippen LogP contribution in [0.25, 0.3) is 0 Å². The van der Waals surface area contributed by atoms with Gasteiger partial charge in [0.05, 0.1) is 0 Å². The van der Waals surface area contributed by atoms with E-state index in [1.807, 2.05) is 26.1 Å². The lowest BCUT2D eigenvalue weighted by Gasteiger charge is -2.18. The monoisotopic (exact) mass is 313 g/mol. The molecule has 0 aromatic carbocycles. The summed E-state index contributed by atoms with van der Waals surface area (Å²) < 4.78 is 28.9. The normalized spacial score (nSPS) is 16.1. The molecule has 0 aliphatic heterocycles. The highest BCUT2D eigenvalue weighted by atomic mass is 32.2. The topological polar surface area (TPSA) is 54.3 Å². The first-order valence-corrected chi connectivity index (χ1v) is 9.18. The fourth-order valence-corrected chi connectivity index (χ4v) is 3.90. The molecular weight excluding hydrogens is 286 g/mol. The highest BCUT2D eigenvalue weighted by Gasteiger charge is 2.29. The summed E-state index contributed by atoms with van der Waals surface area (Å²) >= 11 is 0. The van der Waals surface area contributed by atoms with Gasteiger partial charge in [-0.2, -0.15) is 0 Å². The second-order valence-corrected chi connectivity index (χ2v) is 8.31. The average Bonchev–Trinajstić information content (AvgIpc) is 3.15. The van der Waals surface area contributed by atoms with Gasteiger partial charge in [-0.25, -0.2) is 12.7 Å². The van der Waals surface area contributed by atoms with Gasteiger partial charge in [-0.15, -0.1) is 0 Å². The van der Waals surface area contributed by atoms with Crippen molar-refractivity contribution < 1.29 is 8.42 Å². The molecule has 0 spiro atoms. The molecule has 0 saturated heterocycles. The van der Waals surface area contributed by atoms with E-state index in [-0.39, 0.29) is 0 Å². The Kier molecular flexibility index (Phi) is 5.11. The molecule has 0 atom stereocenters. The Morgan fingerprint density at radius 2 is 2.10 bits per heavy atom. The molecule has 0 radical (unpaired) electrons. The standard InChI is InChI=1S/C15H27N3O2S/c1-5-16-9-14-8-15(11-18(14)13-6-7-13)21(19,20)17(4)10-12(2)3/h8,11-13,16H,5-7,9-10H2,1-4H3. The van der Waals surface area contributed by atoms with Crippen molar-refractivity contribution in [3.8, 4) is 0 Å². The van der Waals surface area contributed by atoms with Crippen LogP contribution in [-0.4, -0.2) is 37.4 Å². The molecule has 1 N–H and O–H groups in total. The summed E-state index contributed by atoms with van der Waals surface area (Å²) in [7, 11) is -1.72. The Morgan fingerprint density at radius 1 is 1.43 bits per heavy atom. The number of hydrogen-bond donors (Lipinski definition) is 1. The first kappa shape index (κ1) is 16.5. The van der Waals surface area contributed by atoms with Gasteiger partial charge in [-0.3, -0.25) is 0 Å². The Labute approximate surface area is 128 Å². The van der Waals surface area contributed by atoms with E-state index in [2.05, 4.69) is 16.8 Å². The third kappa shape index (κ3) is 3.87. The van der Waals surface area contributed by atoms with Gasteiger partial charge in [0.1, 0.15) is 4.90 Å². The Hall–Kier alpha value is -0.850. The lowest BCUT2D eigenvalue weighted by molar-refractivity contribution is 0.417. The van der Waals surface area contributed by atoms with Gasteiger partial charge >= 0.3 is 0 Å². The van der Waals surface area contributed by atoms with Crippen molar-refractivity contribution in [2.75, 3.05) is 20.1 Å². The number of sulfonamides is 1. The minimum atomic E-state index is -3.38. The van der Waals surface area contributed by atoms with Crippen molar-refractivity contribution in [1.29, 1.82) is 0 Å². The maximum Gasteiger partial charge on any atom is 0.244 e. The van der Waals surface area contributed by atoms with Gasteiger partial charge in [0, 0.05) is 38.1 Å². The summed E-state index contributed by atoms with van der Waals surface area (Å²) in [6.45, 7) is 8.25. The van der Waals surface area contributed by atoms with Gasteiger partial charge in [0.25, 0.3) is 0 Å². The quantitative estimate of drug-likeness (QED) is 0.800. The molecule has 120 valence electrons. The maximum atomic E-state index is 12.6. The van der Waals surface area contributed by atoms with Crippen LogP contribution in [0.1, 0.15) is 45.3 Å². The molecule has 21 heavy (non-hydrogen) atoms. The predicted octanol–water partition coefficient (Wildman–Crippen LogP) is 2.21. The second kappa shape index (κ2) is 6.50. The molecule has 5 nitrogen and oxygen atoms in total. The fourth-order valence-electron chi connectivity index (χ4n) is 2.52. The van der Waals surface area contributed by atoms with Crippen LogP contribution in [-0.2, 0) is 16.6 Å². The highest BCUT2D eigenvalue weighted by molar-refractivity contribution is 7.89. The smallest absolute Gasteiger partial charge is 0.244 e. The number of aromatic nitrogens is 1. The van der Waals surface area contributed by atoms with Crippen LogP contribution in [0.3, 0.4) is 0 Å². The van der Waals surface area contributed by atoms with Gasteiger partial charge in [-0.1, -0.05) is 20.8 Å². The third-order valence-corrected chi connectivity index (χ3v) is 5.52. The van der Waals surface area contributed by atoms with E-state index in [1.165, 1.54) is 4.31 Å². The summed E-state index contributed by atoms with van der Waals surface area (Å²) in [5.74, 6) is 0.316. The maximum absolute atomic E-state index is 12.6. The molecule has 1 aromatic heterocycles. The van der Waals surface area contributed by atoms with E-state index >= 15 is 0 Å². The van der Waals surface area contributed by atoms with E-state index in [0.29, 0.717) is 23.4 Å². The molecule has 1 saturated carbocycles. The molecule has 1 fully saturated rings. The van der Waals surface area contributed by atoms with Gasteiger partial charge in [-0.05, 0) is 31.4 Å². The number of nitrogens with one attached hydrogen (secondary N) is 1. The summed E-state index contributed by atoms with van der Waals surface area (Å²) in [5.41, 5.74) is 1.07. The number of nitrogens with zero attached hydrogens (tertiary/aromatic N) is 2. The first-order chi connectivity index (χ1) is 9.86. The summed E-state index contributed by atoms with van der Waals surface area (Å²) in [6.07, 6.45) is 4.11. The SMILES string of the molecule is CCNCc1cc(S(=O)(=O)N(C)CC(C)C)cn1C1CC1. The van der Waals surface area contributed by atoms with E-state index in [0.717, 1.165) is 31.6 Å². The summed E-state index contributed by atoms with van der Waals surface area (Å²) in [6, 6.07) is 2.31. The van der Waals surface area contributed by atoms with Crippen molar-refractivity contribution in [1.82, 2.24) is 14.2 Å². The molecule has 2 rings (SSSR count). The molecule has 1 aliphatic carbocycles. The van der Waals surface area contributed by atoms with Gasteiger partial charge in [0.2, 0.25) is 10.0 Å². The lowest BCUT2D eigenvalue weighted by Crippen LogP contribution is -2.30. The van der Waals surface area contributed by atoms with E-state index < -0.39 is 10.0 Å². The van der Waals surface area contributed by atoms with E-state index in [9.17, 15) is 8.42 Å². The van der Waals surface area contributed by atoms with Crippen molar-refractivity contribution in [3.05, 3.63) is 18.0 Å². The first-order valence-electron chi connectivity index (χ1n) is 7.74. The van der Waals surface area contributed by atoms with Crippen molar-refractivity contribution in [2.45, 2.75) is 51.1 Å². The van der Waals surface area contributed by atoms with Crippen molar-refractivity contribution >= 4 is 10.0 Å². The van der Waals surface area contributed by atoms with Gasteiger partial charge in [0.15, 0.2) is 0 Å². The second-order valence-electron chi connectivity index (χ2n) is 6.27. The van der Waals surface area contributed by atoms with Crippen LogP contribution < -0.4 is 5.32 Å². The number of hydrogen-bond acceptors (Lipinski definition) is 3. The summed E-state index contributed by atoms with van der Waals surface area (Å²) in [4.78, 5) is 0.422. The molecule has 6 heteroatoms. The minimum Gasteiger partial charge on any atom is -0.346 e.